The van der Waals surface area contributed by atoms with Gasteiger partial charge in [-0.3, -0.25) is 0 Å². The highest BCUT2D eigenvalue weighted by Gasteiger charge is 1.66. The topological polar surface area (TPSA) is 27.7 Å². The fraction of sp³-hybridized carbons (Fsp3) is 1.00. The summed E-state index contributed by atoms with van der Waals surface area (Å²) in [7, 11) is 1.28. The third-order valence-corrected chi connectivity index (χ3v) is 0.145. The van der Waals surface area contributed by atoms with Crippen LogP contribution in [0.5, 0.6) is 0 Å². The molecule has 0 saturated carbocycles. The molecule has 0 saturated heterocycles. The van der Waals surface area contributed by atoms with Crippen LogP contribution in [0.15, 0.2) is 0 Å². The standard InChI is InChI=1S/CH3ClO3/c1-3-5-4-2/h1H3. The molecule has 0 aromatic heterocycles. The summed E-state index contributed by atoms with van der Waals surface area (Å²) in [6, 6.07) is 0. The van der Waals surface area contributed by atoms with E-state index in [1.165, 1.54) is 7.11 Å². The molecule has 0 aromatic rings. The highest BCUT2D eigenvalue weighted by atomic mass is 35.5. The van der Waals surface area contributed by atoms with E-state index in [1.54, 1.807) is 0 Å². The van der Waals surface area contributed by atoms with Crippen LogP contribution < -0.4 is 0 Å². The van der Waals surface area contributed by atoms with E-state index in [2.05, 4.69) is 26.2 Å². The van der Waals surface area contributed by atoms with Crippen molar-refractivity contribution in [3.63, 3.8) is 0 Å². The molecule has 4 heteroatoms. The lowest BCUT2D eigenvalue weighted by molar-refractivity contribution is -0.453. The van der Waals surface area contributed by atoms with E-state index in [0.29, 0.717) is 0 Å². The minimum Gasteiger partial charge on any atom is -0.208 e. The Morgan fingerprint density at radius 2 is 2.20 bits per heavy atom. The molecule has 0 atom stereocenters. The third kappa shape index (κ3) is 4.17. The average molecular weight is 98.5 g/mol. The van der Waals surface area contributed by atoms with Gasteiger partial charge in [-0.25, -0.2) is 4.89 Å². The van der Waals surface area contributed by atoms with Crippen LogP contribution in [0, 0.1) is 0 Å². The maximum absolute atomic E-state index is 4.45. The Labute approximate surface area is 34.4 Å². The van der Waals surface area contributed by atoms with Gasteiger partial charge >= 0.3 is 0 Å². The molecule has 0 bridgehead atoms. The molecule has 0 aliphatic carbocycles. The second-order valence-corrected chi connectivity index (χ2v) is 0.424. The van der Waals surface area contributed by atoms with Gasteiger partial charge < -0.3 is 0 Å². The Balaban J connectivity index is 2.19. The van der Waals surface area contributed by atoms with Gasteiger partial charge in [-0.05, 0) is 5.04 Å². The van der Waals surface area contributed by atoms with Gasteiger partial charge in [0, 0.05) is 0 Å². The molecular weight excluding hydrogens is 95.5 g/mol. The summed E-state index contributed by atoms with van der Waals surface area (Å²) >= 11 is 4.45. The van der Waals surface area contributed by atoms with E-state index < -0.39 is 0 Å². The largest absolute Gasteiger partial charge is 0.208 e. The van der Waals surface area contributed by atoms with Crippen molar-refractivity contribution in [2.75, 3.05) is 7.11 Å². The summed E-state index contributed by atoms with van der Waals surface area (Å²) in [4.78, 5) is 3.84. The lowest BCUT2D eigenvalue weighted by Gasteiger charge is -1.81. The maximum Gasteiger partial charge on any atom is 0.103 e. The number of halogens is 1. The highest BCUT2D eigenvalue weighted by molar-refractivity contribution is 6.06. The van der Waals surface area contributed by atoms with E-state index in [0.717, 1.165) is 0 Å². The van der Waals surface area contributed by atoms with Gasteiger partial charge in [0.2, 0.25) is 0 Å². The molecule has 5 heavy (non-hydrogen) atoms. The van der Waals surface area contributed by atoms with E-state index in [4.69, 9.17) is 0 Å². The minimum atomic E-state index is 1.28. The molecule has 0 spiro atoms. The molecule has 32 valence electrons. The van der Waals surface area contributed by atoms with E-state index in [-0.39, 0.29) is 0 Å². The lowest BCUT2D eigenvalue weighted by Crippen LogP contribution is -1.77. The SMILES string of the molecule is COOOCl. The van der Waals surface area contributed by atoms with Gasteiger partial charge in [0.1, 0.15) is 11.9 Å². The number of rotatable bonds is 2. The van der Waals surface area contributed by atoms with Gasteiger partial charge in [0.25, 0.3) is 0 Å². The Bertz CT molecular complexity index is 14.4. The first-order valence-electron chi connectivity index (χ1n) is 0.896. The molecule has 0 heterocycles. The summed E-state index contributed by atoms with van der Waals surface area (Å²) in [5.74, 6) is 0. The van der Waals surface area contributed by atoms with Crippen LogP contribution in [0.1, 0.15) is 0 Å². The summed E-state index contributed by atoms with van der Waals surface area (Å²) in [5, 5.41) is 3.60. The van der Waals surface area contributed by atoms with Gasteiger partial charge in [0.15, 0.2) is 0 Å². The van der Waals surface area contributed by atoms with Gasteiger partial charge in [-0.1, -0.05) is 4.44 Å². The zero-order valence-corrected chi connectivity index (χ0v) is 3.36. The van der Waals surface area contributed by atoms with Crippen molar-refractivity contribution in [2.45, 2.75) is 0 Å². The van der Waals surface area contributed by atoms with Crippen molar-refractivity contribution in [1.29, 1.82) is 0 Å². The summed E-state index contributed by atoms with van der Waals surface area (Å²) in [6.07, 6.45) is 0. The predicted molar refractivity (Wildman–Crippen MR) is 15.0 cm³/mol. The summed E-state index contributed by atoms with van der Waals surface area (Å²) in [5.41, 5.74) is 0. The normalized spacial score (nSPS) is 8.40. The molecule has 0 aliphatic heterocycles. The zero-order valence-electron chi connectivity index (χ0n) is 2.60. The molecule has 0 aliphatic rings. The minimum absolute atomic E-state index is 1.28. The number of hydrogen-bond donors (Lipinski definition) is 0. The Morgan fingerprint density at radius 3 is 2.20 bits per heavy atom. The van der Waals surface area contributed by atoms with Crippen molar-refractivity contribution in [1.82, 2.24) is 0 Å². The van der Waals surface area contributed by atoms with E-state index >= 15 is 0 Å². The van der Waals surface area contributed by atoms with Crippen LogP contribution in [-0.4, -0.2) is 7.11 Å². The van der Waals surface area contributed by atoms with Crippen LogP contribution >= 0.6 is 11.9 Å². The maximum atomic E-state index is 4.45. The molecule has 0 amide bonds. The van der Waals surface area contributed by atoms with Gasteiger partial charge in [-0.15, -0.1) is 0 Å². The first-order chi connectivity index (χ1) is 2.41. The van der Waals surface area contributed by atoms with Crippen molar-refractivity contribution < 1.29 is 14.4 Å². The van der Waals surface area contributed by atoms with Crippen LogP contribution in [0.2, 0.25) is 0 Å². The Hall–Kier alpha value is 0.170. The van der Waals surface area contributed by atoms with Gasteiger partial charge in [-0.2, -0.15) is 0 Å². The second-order valence-electron chi connectivity index (χ2n) is 0.298. The predicted octanol–water partition coefficient (Wildman–Crippen LogP) is 0.650. The Morgan fingerprint density at radius 1 is 1.60 bits per heavy atom. The highest BCUT2D eigenvalue weighted by Crippen LogP contribution is 1.77. The number of hydrogen-bond acceptors (Lipinski definition) is 3. The summed E-state index contributed by atoms with van der Waals surface area (Å²) < 4.78 is 3.44. The van der Waals surface area contributed by atoms with Crippen LogP contribution in [0.4, 0.5) is 0 Å². The molecule has 0 N–H and O–H groups in total. The lowest BCUT2D eigenvalue weighted by atomic mass is 11.8. The molecule has 0 aromatic carbocycles. The summed E-state index contributed by atoms with van der Waals surface area (Å²) in [6.45, 7) is 0. The quantitative estimate of drug-likeness (QED) is 0.375. The third-order valence-electron chi connectivity index (χ3n) is 0.0938. The molecular formula is CH3ClO3. The average Bonchev–Trinajstić information content (AvgIpc) is 1.41. The first kappa shape index (κ1) is 5.17. The smallest absolute Gasteiger partial charge is 0.103 e. The molecule has 0 radical (unpaired) electrons. The van der Waals surface area contributed by atoms with Crippen molar-refractivity contribution in [3.05, 3.63) is 0 Å². The molecule has 3 nitrogen and oxygen atoms in total. The van der Waals surface area contributed by atoms with Crippen molar-refractivity contribution in [3.8, 4) is 0 Å². The fourth-order valence-electron chi connectivity index (χ4n) is 0.0257. The molecule has 0 rings (SSSR count). The van der Waals surface area contributed by atoms with Crippen LogP contribution in [0.3, 0.4) is 0 Å². The van der Waals surface area contributed by atoms with Gasteiger partial charge in [0.05, 0.1) is 7.11 Å². The van der Waals surface area contributed by atoms with Crippen LogP contribution in [0.25, 0.3) is 0 Å². The van der Waals surface area contributed by atoms with Crippen molar-refractivity contribution in [2.24, 2.45) is 0 Å². The molecule has 0 fully saturated rings. The monoisotopic (exact) mass is 98.0 g/mol. The molecule has 0 unspecified atom stereocenters. The second kappa shape index (κ2) is 4.17. The van der Waals surface area contributed by atoms with E-state index in [1.807, 2.05) is 0 Å². The first-order valence-corrected chi connectivity index (χ1v) is 1.20. The zero-order chi connectivity index (χ0) is 4.12. The van der Waals surface area contributed by atoms with E-state index in [9.17, 15) is 0 Å². The van der Waals surface area contributed by atoms with Crippen LogP contribution in [-0.2, 0) is 14.4 Å². The van der Waals surface area contributed by atoms with Crippen molar-refractivity contribution >= 4 is 11.9 Å². The Kier molecular flexibility index (Phi) is 4.31. The fourth-order valence-corrected chi connectivity index (χ4v) is 0.0772.